The van der Waals surface area contributed by atoms with E-state index in [1.807, 2.05) is 0 Å². The Hall–Kier alpha value is -1.77. The minimum atomic E-state index is 0.155. The van der Waals surface area contributed by atoms with Crippen molar-refractivity contribution < 1.29 is 0 Å². The molecule has 0 saturated carbocycles. The summed E-state index contributed by atoms with van der Waals surface area (Å²) in [6.07, 6.45) is 0. The van der Waals surface area contributed by atoms with Crippen molar-refractivity contribution in [2.45, 2.75) is 26.2 Å². The summed E-state index contributed by atoms with van der Waals surface area (Å²) in [5, 5.41) is 4.58. The Morgan fingerprint density at radius 2 is 2.00 bits per heavy atom. The fourth-order valence-corrected chi connectivity index (χ4v) is 2.27. The highest BCUT2D eigenvalue weighted by Crippen LogP contribution is 2.26. The van der Waals surface area contributed by atoms with E-state index in [0.717, 1.165) is 18.9 Å². The number of amidine groups is 1. The molecule has 3 rings (SSSR count). The minimum absolute atomic E-state index is 0.155. The summed E-state index contributed by atoms with van der Waals surface area (Å²) in [6, 6.07) is 8.73. The second kappa shape index (κ2) is 3.87. The Balaban J connectivity index is 2.07. The minimum Gasteiger partial charge on any atom is -0.368 e. The summed E-state index contributed by atoms with van der Waals surface area (Å²) < 4.78 is 0. The first kappa shape index (κ1) is 11.3. The van der Waals surface area contributed by atoms with Crippen molar-refractivity contribution in [2.75, 3.05) is 13.1 Å². The van der Waals surface area contributed by atoms with E-state index in [1.165, 1.54) is 22.2 Å². The number of rotatable bonds is 1. The molecule has 0 spiro atoms. The van der Waals surface area contributed by atoms with E-state index < -0.39 is 0 Å². The van der Waals surface area contributed by atoms with Gasteiger partial charge in [-0.05, 0) is 17.5 Å². The van der Waals surface area contributed by atoms with Crippen molar-refractivity contribution in [3.8, 4) is 0 Å². The van der Waals surface area contributed by atoms with Gasteiger partial charge in [-0.2, -0.15) is 0 Å². The summed E-state index contributed by atoms with van der Waals surface area (Å²) in [5.41, 5.74) is 3.79. The molecule has 94 valence electrons. The molecule has 3 nitrogen and oxygen atoms in total. The molecule has 0 aliphatic carbocycles. The summed E-state index contributed by atoms with van der Waals surface area (Å²) in [6.45, 7) is 8.50. The van der Waals surface area contributed by atoms with Crippen LogP contribution in [-0.4, -0.2) is 23.9 Å². The standard InChI is InChI=1S/C15H19N3/c1-15(2,3)13-9-10-4-5-11(8-12(10)18-13)14-16-6-7-17-14/h4-5,8-9,18H,6-7H2,1-3H3,(H,16,17). The largest absolute Gasteiger partial charge is 0.368 e. The zero-order valence-corrected chi connectivity index (χ0v) is 11.2. The molecule has 0 unspecified atom stereocenters. The van der Waals surface area contributed by atoms with Crippen LogP contribution in [0.25, 0.3) is 10.9 Å². The van der Waals surface area contributed by atoms with Gasteiger partial charge in [0.25, 0.3) is 0 Å². The van der Waals surface area contributed by atoms with Gasteiger partial charge in [0, 0.05) is 28.7 Å². The van der Waals surface area contributed by atoms with Crippen molar-refractivity contribution in [3.63, 3.8) is 0 Å². The highest BCUT2D eigenvalue weighted by atomic mass is 15.1. The molecule has 0 fully saturated rings. The first-order chi connectivity index (χ1) is 8.54. The molecule has 2 aromatic rings. The number of aromatic amines is 1. The van der Waals surface area contributed by atoms with Crippen LogP contribution in [0.1, 0.15) is 32.0 Å². The van der Waals surface area contributed by atoms with Gasteiger partial charge in [0.15, 0.2) is 0 Å². The fraction of sp³-hybridized carbons (Fsp3) is 0.400. The molecule has 0 atom stereocenters. The second-order valence-electron chi connectivity index (χ2n) is 5.89. The lowest BCUT2D eigenvalue weighted by Crippen LogP contribution is -2.19. The van der Waals surface area contributed by atoms with Crippen molar-refractivity contribution in [3.05, 3.63) is 35.5 Å². The lowest BCUT2D eigenvalue weighted by molar-refractivity contribution is 0.574. The highest BCUT2D eigenvalue weighted by Gasteiger charge is 2.17. The molecule has 0 radical (unpaired) electrons. The molecule has 3 heteroatoms. The molecule has 1 aromatic heterocycles. The van der Waals surface area contributed by atoms with Crippen LogP contribution in [0.2, 0.25) is 0 Å². The maximum atomic E-state index is 4.46. The zero-order valence-electron chi connectivity index (χ0n) is 11.2. The summed E-state index contributed by atoms with van der Waals surface area (Å²) in [7, 11) is 0. The van der Waals surface area contributed by atoms with Crippen molar-refractivity contribution in [1.82, 2.24) is 10.3 Å². The third-order valence-corrected chi connectivity index (χ3v) is 3.38. The number of hydrogen-bond donors (Lipinski definition) is 2. The van der Waals surface area contributed by atoms with Crippen LogP contribution in [0.4, 0.5) is 0 Å². The first-order valence-electron chi connectivity index (χ1n) is 6.46. The number of aromatic nitrogens is 1. The maximum absolute atomic E-state index is 4.46. The lowest BCUT2D eigenvalue weighted by Gasteiger charge is -2.15. The number of fused-ring (bicyclic) bond motifs is 1. The number of aliphatic imine (C=N–C) groups is 1. The molecule has 1 aliphatic heterocycles. The Bertz CT molecular complexity index is 614. The molecule has 1 aromatic carbocycles. The van der Waals surface area contributed by atoms with Crippen LogP contribution < -0.4 is 5.32 Å². The normalized spacial score (nSPS) is 15.8. The van der Waals surface area contributed by atoms with Crippen LogP contribution in [-0.2, 0) is 5.41 Å². The summed E-state index contributed by atoms with van der Waals surface area (Å²) in [4.78, 5) is 7.98. The van der Waals surface area contributed by atoms with E-state index in [9.17, 15) is 0 Å². The van der Waals surface area contributed by atoms with Gasteiger partial charge < -0.3 is 10.3 Å². The lowest BCUT2D eigenvalue weighted by atomic mass is 9.92. The number of H-pyrrole nitrogens is 1. The number of hydrogen-bond acceptors (Lipinski definition) is 2. The van der Waals surface area contributed by atoms with Gasteiger partial charge in [-0.15, -0.1) is 0 Å². The monoisotopic (exact) mass is 241 g/mol. The topological polar surface area (TPSA) is 40.2 Å². The Kier molecular flexibility index (Phi) is 2.44. The molecule has 0 saturated heterocycles. The van der Waals surface area contributed by atoms with Crippen LogP contribution >= 0.6 is 0 Å². The smallest absolute Gasteiger partial charge is 0.128 e. The van der Waals surface area contributed by atoms with Crippen molar-refractivity contribution in [1.29, 1.82) is 0 Å². The molecule has 18 heavy (non-hydrogen) atoms. The van der Waals surface area contributed by atoms with Crippen LogP contribution in [0, 0.1) is 0 Å². The van der Waals surface area contributed by atoms with Crippen LogP contribution in [0.15, 0.2) is 29.3 Å². The van der Waals surface area contributed by atoms with Gasteiger partial charge in [-0.3, -0.25) is 4.99 Å². The number of nitrogens with zero attached hydrogens (tertiary/aromatic N) is 1. The van der Waals surface area contributed by atoms with Gasteiger partial charge in [0.2, 0.25) is 0 Å². The molecule has 0 bridgehead atoms. The van der Waals surface area contributed by atoms with E-state index in [2.05, 4.69) is 60.3 Å². The van der Waals surface area contributed by atoms with Crippen LogP contribution in [0.3, 0.4) is 0 Å². The number of nitrogens with one attached hydrogen (secondary N) is 2. The molecule has 2 N–H and O–H groups in total. The third-order valence-electron chi connectivity index (χ3n) is 3.38. The SMILES string of the molecule is CC(C)(C)c1cc2ccc(C3=NCCN3)cc2[nH]1. The molecule has 0 amide bonds. The van der Waals surface area contributed by atoms with Gasteiger partial charge in [0.1, 0.15) is 5.84 Å². The Morgan fingerprint density at radius 1 is 1.17 bits per heavy atom. The average Bonchev–Trinajstić information content (AvgIpc) is 2.96. The molecule has 1 aliphatic rings. The molecular weight excluding hydrogens is 222 g/mol. The third kappa shape index (κ3) is 1.90. The van der Waals surface area contributed by atoms with Gasteiger partial charge in [0.05, 0.1) is 6.54 Å². The van der Waals surface area contributed by atoms with Crippen LogP contribution in [0.5, 0.6) is 0 Å². The van der Waals surface area contributed by atoms with E-state index in [4.69, 9.17) is 0 Å². The van der Waals surface area contributed by atoms with Crippen molar-refractivity contribution in [2.24, 2.45) is 4.99 Å². The Morgan fingerprint density at radius 3 is 2.67 bits per heavy atom. The first-order valence-corrected chi connectivity index (χ1v) is 6.46. The van der Waals surface area contributed by atoms with Gasteiger partial charge >= 0.3 is 0 Å². The van der Waals surface area contributed by atoms with E-state index >= 15 is 0 Å². The van der Waals surface area contributed by atoms with Gasteiger partial charge in [-0.1, -0.05) is 32.9 Å². The summed E-state index contributed by atoms with van der Waals surface area (Å²) in [5.74, 6) is 1.02. The quantitative estimate of drug-likeness (QED) is 0.792. The highest BCUT2D eigenvalue weighted by molar-refractivity contribution is 6.02. The van der Waals surface area contributed by atoms with E-state index in [-0.39, 0.29) is 5.41 Å². The van der Waals surface area contributed by atoms with Crippen molar-refractivity contribution >= 4 is 16.7 Å². The summed E-state index contributed by atoms with van der Waals surface area (Å²) >= 11 is 0. The predicted octanol–water partition coefficient (Wildman–Crippen LogP) is 2.82. The zero-order chi connectivity index (χ0) is 12.8. The molecule has 2 heterocycles. The second-order valence-corrected chi connectivity index (χ2v) is 5.89. The number of benzene rings is 1. The average molecular weight is 241 g/mol. The fourth-order valence-electron chi connectivity index (χ4n) is 2.27. The van der Waals surface area contributed by atoms with Gasteiger partial charge in [-0.25, -0.2) is 0 Å². The predicted molar refractivity (Wildman–Crippen MR) is 76.4 cm³/mol. The Labute approximate surface area is 107 Å². The molecular formula is C15H19N3. The van der Waals surface area contributed by atoms with E-state index in [1.54, 1.807) is 0 Å². The van der Waals surface area contributed by atoms with E-state index in [0.29, 0.717) is 0 Å². The maximum Gasteiger partial charge on any atom is 0.128 e.